The van der Waals surface area contributed by atoms with Crippen molar-refractivity contribution in [2.45, 2.75) is 20.5 Å². The summed E-state index contributed by atoms with van der Waals surface area (Å²) in [5.41, 5.74) is 5.14. The monoisotopic (exact) mass is 431 g/mol. The Labute approximate surface area is 186 Å². The molecule has 1 heterocycles. The van der Waals surface area contributed by atoms with Gasteiger partial charge in [-0.05, 0) is 66.4 Å². The Morgan fingerprint density at radius 1 is 0.967 bits per heavy atom. The molecule has 1 amide bonds. The second-order valence-electron chi connectivity index (χ2n) is 7.13. The second kappa shape index (κ2) is 8.86. The lowest BCUT2D eigenvalue weighted by Gasteiger charge is -2.15. The summed E-state index contributed by atoms with van der Waals surface area (Å²) in [4.78, 5) is 15.2. The number of benzene rings is 3. The van der Waals surface area contributed by atoms with Gasteiger partial charge in [0.2, 0.25) is 0 Å². The van der Waals surface area contributed by atoms with Crippen molar-refractivity contribution >= 4 is 46.0 Å². The van der Waals surface area contributed by atoms with Gasteiger partial charge >= 0.3 is 0 Å². The highest BCUT2D eigenvalue weighted by Crippen LogP contribution is 2.36. The van der Waals surface area contributed by atoms with Crippen LogP contribution in [-0.4, -0.2) is 10.2 Å². The van der Waals surface area contributed by atoms with E-state index in [0.29, 0.717) is 15.8 Å². The van der Waals surface area contributed by atoms with E-state index in [2.05, 4.69) is 6.92 Å². The lowest BCUT2D eigenvalue weighted by molar-refractivity contribution is -0.113. The molecule has 0 aromatic heterocycles. The highest BCUT2D eigenvalue weighted by atomic mass is 32.2. The zero-order chi connectivity index (χ0) is 21.1. The van der Waals surface area contributed by atoms with E-state index in [-0.39, 0.29) is 5.91 Å². The van der Waals surface area contributed by atoms with Crippen LogP contribution in [-0.2, 0) is 11.4 Å². The predicted molar refractivity (Wildman–Crippen MR) is 129 cm³/mol. The second-order valence-corrected chi connectivity index (χ2v) is 8.81. The predicted octanol–water partition coefficient (Wildman–Crippen LogP) is 6.29. The number of ether oxygens (including phenoxy) is 1. The Hall–Kier alpha value is -2.89. The van der Waals surface area contributed by atoms with Crippen LogP contribution in [0.25, 0.3) is 6.08 Å². The van der Waals surface area contributed by atoms with Crippen LogP contribution in [0.4, 0.5) is 5.69 Å². The van der Waals surface area contributed by atoms with Crippen LogP contribution in [0.3, 0.4) is 0 Å². The van der Waals surface area contributed by atoms with Crippen LogP contribution < -0.4 is 9.64 Å². The van der Waals surface area contributed by atoms with Crippen molar-refractivity contribution in [2.75, 3.05) is 4.90 Å². The molecule has 4 rings (SSSR count). The van der Waals surface area contributed by atoms with Gasteiger partial charge in [0, 0.05) is 0 Å². The van der Waals surface area contributed by atoms with Gasteiger partial charge in [0.05, 0.1) is 10.6 Å². The number of hydrogen-bond donors (Lipinski definition) is 0. The van der Waals surface area contributed by atoms with E-state index in [4.69, 9.17) is 17.0 Å². The summed E-state index contributed by atoms with van der Waals surface area (Å²) in [6.07, 6.45) is 1.87. The van der Waals surface area contributed by atoms with Crippen molar-refractivity contribution in [1.29, 1.82) is 0 Å². The first-order chi connectivity index (χ1) is 14.5. The number of thiocarbonyl (C=S) groups is 1. The number of carbonyl (C=O) groups excluding carboxylic acids is 1. The van der Waals surface area contributed by atoms with Crippen LogP contribution in [0.5, 0.6) is 5.75 Å². The van der Waals surface area contributed by atoms with Crippen molar-refractivity contribution < 1.29 is 9.53 Å². The number of rotatable bonds is 5. The van der Waals surface area contributed by atoms with Crippen molar-refractivity contribution in [3.63, 3.8) is 0 Å². The van der Waals surface area contributed by atoms with E-state index in [1.54, 1.807) is 4.90 Å². The number of carbonyl (C=O) groups is 1. The fourth-order valence-electron chi connectivity index (χ4n) is 3.14. The number of amides is 1. The molecule has 3 aromatic carbocycles. The molecule has 0 atom stereocenters. The first-order valence-electron chi connectivity index (χ1n) is 9.63. The molecular formula is C25H21NO2S2. The molecule has 3 aromatic rings. The van der Waals surface area contributed by atoms with Gasteiger partial charge in [-0.3, -0.25) is 9.69 Å². The molecule has 1 aliphatic rings. The minimum absolute atomic E-state index is 0.0936. The molecule has 30 heavy (non-hydrogen) atoms. The van der Waals surface area contributed by atoms with Crippen LogP contribution in [0.1, 0.15) is 22.3 Å². The zero-order valence-electron chi connectivity index (χ0n) is 16.8. The van der Waals surface area contributed by atoms with E-state index in [9.17, 15) is 4.79 Å². The Kier molecular flexibility index (Phi) is 6.02. The summed E-state index contributed by atoms with van der Waals surface area (Å²) in [7, 11) is 0. The molecule has 3 nitrogen and oxygen atoms in total. The van der Waals surface area contributed by atoms with Gasteiger partial charge in [0.15, 0.2) is 4.32 Å². The molecule has 0 unspecified atom stereocenters. The summed E-state index contributed by atoms with van der Waals surface area (Å²) in [6, 6.07) is 23.7. The Morgan fingerprint density at radius 3 is 2.53 bits per heavy atom. The fraction of sp³-hybridized carbons (Fsp3) is 0.120. The molecule has 1 aliphatic heterocycles. The lowest BCUT2D eigenvalue weighted by Crippen LogP contribution is -2.27. The van der Waals surface area contributed by atoms with E-state index in [0.717, 1.165) is 28.1 Å². The van der Waals surface area contributed by atoms with Gasteiger partial charge in [0.25, 0.3) is 5.91 Å². The van der Waals surface area contributed by atoms with Gasteiger partial charge in [-0.15, -0.1) is 0 Å². The van der Waals surface area contributed by atoms with Crippen molar-refractivity contribution in [3.8, 4) is 5.75 Å². The van der Waals surface area contributed by atoms with Crippen molar-refractivity contribution in [2.24, 2.45) is 0 Å². The summed E-state index contributed by atoms with van der Waals surface area (Å²) in [5, 5.41) is 0. The van der Waals surface area contributed by atoms with E-state index in [1.165, 1.54) is 17.3 Å². The molecule has 0 radical (unpaired) electrons. The summed E-state index contributed by atoms with van der Waals surface area (Å²) in [6.45, 7) is 4.59. The number of hydrogen-bond acceptors (Lipinski definition) is 4. The highest BCUT2D eigenvalue weighted by Gasteiger charge is 2.33. The van der Waals surface area contributed by atoms with Crippen LogP contribution in [0.2, 0.25) is 0 Å². The molecule has 1 fully saturated rings. The average Bonchev–Trinajstić information content (AvgIpc) is 3.02. The molecule has 5 heteroatoms. The van der Waals surface area contributed by atoms with Gasteiger partial charge in [-0.1, -0.05) is 72.5 Å². The third kappa shape index (κ3) is 4.48. The van der Waals surface area contributed by atoms with E-state index >= 15 is 0 Å². The standard InChI is InChI=1S/C25H21NO2S2/c1-17-11-12-21(13-18(17)2)26-24(27)23(30-25(26)29)15-20-9-6-10-22(14-20)28-16-19-7-4-3-5-8-19/h3-15H,16H2,1-2H3. The van der Waals surface area contributed by atoms with E-state index < -0.39 is 0 Å². The minimum atomic E-state index is -0.0936. The quantitative estimate of drug-likeness (QED) is 0.351. The highest BCUT2D eigenvalue weighted by molar-refractivity contribution is 8.27. The molecule has 0 aliphatic carbocycles. The smallest absolute Gasteiger partial charge is 0.270 e. The number of nitrogens with zero attached hydrogens (tertiary/aromatic N) is 1. The molecule has 0 spiro atoms. The van der Waals surface area contributed by atoms with E-state index in [1.807, 2.05) is 85.8 Å². The summed E-state index contributed by atoms with van der Waals surface area (Å²) < 4.78 is 6.45. The maximum absolute atomic E-state index is 13.0. The Balaban J connectivity index is 1.52. The third-order valence-electron chi connectivity index (χ3n) is 4.95. The SMILES string of the molecule is Cc1ccc(N2C(=O)C(=Cc3cccc(OCc4ccccc4)c3)SC2=S)cc1C. The summed E-state index contributed by atoms with van der Waals surface area (Å²) >= 11 is 6.82. The van der Waals surface area contributed by atoms with Gasteiger partial charge in [0.1, 0.15) is 12.4 Å². The number of aryl methyl sites for hydroxylation is 2. The summed E-state index contributed by atoms with van der Waals surface area (Å²) in [5.74, 6) is 0.668. The minimum Gasteiger partial charge on any atom is -0.489 e. The zero-order valence-corrected chi connectivity index (χ0v) is 18.4. The van der Waals surface area contributed by atoms with Crippen LogP contribution in [0.15, 0.2) is 77.7 Å². The van der Waals surface area contributed by atoms with Crippen LogP contribution >= 0.6 is 24.0 Å². The Bertz CT molecular complexity index is 1140. The normalized spacial score (nSPS) is 15.1. The molecule has 150 valence electrons. The Morgan fingerprint density at radius 2 is 1.77 bits per heavy atom. The topological polar surface area (TPSA) is 29.5 Å². The van der Waals surface area contributed by atoms with Crippen LogP contribution in [0, 0.1) is 13.8 Å². The number of thioether (sulfide) groups is 1. The van der Waals surface area contributed by atoms with Gasteiger partial charge in [-0.2, -0.15) is 0 Å². The first kappa shape index (κ1) is 20.4. The number of anilines is 1. The average molecular weight is 432 g/mol. The van der Waals surface area contributed by atoms with Gasteiger partial charge in [-0.25, -0.2) is 0 Å². The molecular weight excluding hydrogens is 410 g/mol. The molecule has 1 saturated heterocycles. The molecule has 0 N–H and O–H groups in total. The first-order valence-corrected chi connectivity index (χ1v) is 10.9. The van der Waals surface area contributed by atoms with Crippen molar-refractivity contribution in [1.82, 2.24) is 0 Å². The largest absolute Gasteiger partial charge is 0.489 e. The lowest BCUT2D eigenvalue weighted by atomic mass is 10.1. The van der Waals surface area contributed by atoms with Crippen molar-refractivity contribution in [3.05, 3.63) is 100.0 Å². The fourth-order valence-corrected chi connectivity index (χ4v) is 4.44. The third-order valence-corrected chi connectivity index (χ3v) is 6.25. The molecule has 0 bridgehead atoms. The maximum atomic E-state index is 13.0. The molecule has 0 saturated carbocycles. The maximum Gasteiger partial charge on any atom is 0.270 e. The van der Waals surface area contributed by atoms with Gasteiger partial charge < -0.3 is 4.74 Å².